The Morgan fingerprint density at radius 3 is 2.21 bits per heavy atom. The Morgan fingerprint density at radius 1 is 0.929 bits per heavy atom. The van der Waals surface area contributed by atoms with Gasteiger partial charge in [-0.05, 0) is 23.6 Å². The largest absolute Gasteiger partial charge is 0.339 e. The van der Waals surface area contributed by atoms with Crippen LogP contribution in [0, 0.1) is 6.92 Å². The number of aryl methyl sites for hydroxylation is 1. The van der Waals surface area contributed by atoms with E-state index in [2.05, 4.69) is 29.2 Å². The van der Waals surface area contributed by atoms with Crippen molar-refractivity contribution in [1.29, 1.82) is 0 Å². The first-order valence-electron chi connectivity index (χ1n) is 9.87. The van der Waals surface area contributed by atoms with E-state index in [0.717, 1.165) is 30.8 Å². The third-order valence-electron chi connectivity index (χ3n) is 5.37. The maximum atomic E-state index is 12.8. The molecule has 0 unspecified atom stereocenters. The molecule has 0 aliphatic carbocycles. The first kappa shape index (κ1) is 20.1. The number of piperazine rings is 1. The van der Waals surface area contributed by atoms with Gasteiger partial charge in [-0.1, -0.05) is 54.6 Å². The first-order chi connectivity index (χ1) is 13.5. The van der Waals surface area contributed by atoms with E-state index < -0.39 is 0 Å². The van der Waals surface area contributed by atoms with Crippen molar-refractivity contribution in [2.75, 3.05) is 32.7 Å². The lowest BCUT2D eigenvalue weighted by Crippen LogP contribution is -2.51. The molecule has 0 bridgehead atoms. The molecule has 148 valence electrons. The molecule has 1 saturated heterocycles. The van der Waals surface area contributed by atoms with Gasteiger partial charge in [0, 0.05) is 46.2 Å². The summed E-state index contributed by atoms with van der Waals surface area (Å²) < 4.78 is 0. The van der Waals surface area contributed by atoms with Gasteiger partial charge in [-0.2, -0.15) is 0 Å². The van der Waals surface area contributed by atoms with E-state index in [1.54, 1.807) is 4.90 Å². The van der Waals surface area contributed by atoms with Gasteiger partial charge in [0.05, 0.1) is 0 Å². The van der Waals surface area contributed by atoms with Crippen LogP contribution in [-0.4, -0.2) is 59.2 Å². The van der Waals surface area contributed by atoms with Crippen molar-refractivity contribution in [3.63, 3.8) is 0 Å². The highest BCUT2D eigenvalue weighted by Crippen LogP contribution is 2.12. The van der Waals surface area contributed by atoms with Crippen LogP contribution < -0.4 is 0 Å². The molecule has 0 radical (unpaired) electrons. The number of benzene rings is 2. The average Bonchev–Trinajstić information content (AvgIpc) is 2.70. The Balaban J connectivity index is 1.52. The zero-order valence-electron chi connectivity index (χ0n) is 16.8. The lowest BCUT2D eigenvalue weighted by Gasteiger charge is -2.35. The topological polar surface area (TPSA) is 43.9 Å². The summed E-state index contributed by atoms with van der Waals surface area (Å²) in [7, 11) is 0. The van der Waals surface area contributed by atoms with E-state index in [1.807, 2.05) is 42.2 Å². The molecule has 1 heterocycles. The van der Waals surface area contributed by atoms with Crippen molar-refractivity contribution in [2.45, 2.75) is 26.9 Å². The maximum Gasteiger partial charge on any atom is 0.242 e. The van der Waals surface area contributed by atoms with Gasteiger partial charge in [-0.25, -0.2) is 0 Å². The summed E-state index contributed by atoms with van der Waals surface area (Å²) in [6, 6.07) is 18.4. The van der Waals surface area contributed by atoms with Crippen LogP contribution in [0.25, 0.3) is 0 Å². The highest BCUT2D eigenvalue weighted by molar-refractivity contribution is 5.84. The van der Waals surface area contributed by atoms with E-state index >= 15 is 0 Å². The van der Waals surface area contributed by atoms with Crippen LogP contribution >= 0.6 is 0 Å². The summed E-state index contributed by atoms with van der Waals surface area (Å²) >= 11 is 0. The molecule has 1 aliphatic heterocycles. The monoisotopic (exact) mass is 379 g/mol. The van der Waals surface area contributed by atoms with Crippen LogP contribution in [0.1, 0.15) is 23.6 Å². The Kier molecular flexibility index (Phi) is 6.82. The fourth-order valence-electron chi connectivity index (χ4n) is 3.53. The standard InChI is InChI=1S/C23H29N3O2/c1-19-8-6-7-11-22(19)17-26(20(2)27)18-23(28)25-14-12-24(13-15-25)16-21-9-4-3-5-10-21/h3-11H,12-18H2,1-2H3. The summed E-state index contributed by atoms with van der Waals surface area (Å²) in [5.74, 6) is -0.0394. The van der Waals surface area contributed by atoms with Gasteiger partial charge in [0.25, 0.3) is 0 Å². The molecule has 0 N–H and O–H groups in total. The second-order valence-corrected chi connectivity index (χ2v) is 7.44. The van der Waals surface area contributed by atoms with Crippen molar-refractivity contribution in [2.24, 2.45) is 0 Å². The molecule has 0 atom stereocenters. The molecule has 0 saturated carbocycles. The second-order valence-electron chi connectivity index (χ2n) is 7.44. The number of rotatable bonds is 6. The van der Waals surface area contributed by atoms with Crippen molar-refractivity contribution < 1.29 is 9.59 Å². The number of amides is 2. The minimum absolute atomic E-state index is 0.0307. The Bertz CT molecular complexity index is 799. The van der Waals surface area contributed by atoms with Crippen molar-refractivity contribution in [1.82, 2.24) is 14.7 Å². The predicted molar refractivity (Wildman–Crippen MR) is 111 cm³/mol. The molecule has 28 heavy (non-hydrogen) atoms. The van der Waals surface area contributed by atoms with E-state index in [0.29, 0.717) is 19.6 Å². The molecule has 1 aliphatic rings. The van der Waals surface area contributed by atoms with Gasteiger partial charge in [0.1, 0.15) is 6.54 Å². The Morgan fingerprint density at radius 2 is 1.57 bits per heavy atom. The summed E-state index contributed by atoms with van der Waals surface area (Å²) in [6.45, 7) is 8.23. The molecular formula is C23H29N3O2. The number of carbonyl (C=O) groups is 2. The zero-order valence-corrected chi connectivity index (χ0v) is 16.8. The zero-order chi connectivity index (χ0) is 19.9. The molecule has 3 rings (SSSR count). The molecule has 2 amide bonds. The Labute approximate surface area is 167 Å². The molecular weight excluding hydrogens is 350 g/mol. The molecule has 5 nitrogen and oxygen atoms in total. The van der Waals surface area contributed by atoms with E-state index in [9.17, 15) is 9.59 Å². The van der Waals surface area contributed by atoms with E-state index in [4.69, 9.17) is 0 Å². The van der Waals surface area contributed by atoms with Gasteiger partial charge in [-0.15, -0.1) is 0 Å². The minimum Gasteiger partial charge on any atom is -0.339 e. The van der Waals surface area contributed by atoms with Gasteiger partial charge in [0.15, 0.2) is 0 Å². The lowest BCUT2D eigenvalue weighted by atomic mass is 10.1. The third kappa shape index (κ3) is 5.42. The van der Waals surface area contributed by atoms with Crippen molar-refractivity contribution in [3.05, 3.63) is 71.3 Å². The molecule has 0 spiro atoms. The van der Waals surface area contributed by atoms with Crippen molar-refractivity contribution >= 4 is 11.8 Å². The minimum atomic E-state index is -0.0701. The number of carbonyl (C=O) groups excluding carboxylic acids is 2. The normalized spacial score (nSPS) is 14.7. The van der Waals surface area contributed by atoms with Crippen LogP contribution in [-0.2, 0) is 22.7 Å². The van der Waals surface area contributed by atoms with Gasteiger partial charge < -0.3 is 9.80 Å². The fraction of sp³-hybridized carbons (Fsp3) is 0.391. The van der Waals surface area contributed by atoms with Gasteiger partial charge in [-0.3, -0.25) is 14.5 Å². The summed E-state index contributed by atoms with van der Waals surface area (Å²) in [4.78, 5) is 30.7. The molecule has 0 aromatic heterocycles. The number of hydrogen-bond donors (Lipinski definition) is 0. The SMILES string of the molecule is CC(=O)N(CC(=O)N1CCN(Cc2ccccc2)CC1)Cc1ccccc1C. The van der Waals surface area contributed by atoms with Gasteiger partial charge >= 0.3 is 0 Å². The maximum absolute atomic E-state index is 12.8. The highest BCUT2D eigenvalue weighted by atomic mass is 16.2. The number of nitrogens with zero attached hydrogens (tertiary/aromatic N) is 3. The average molecular weight is 380 g/mol. The van der Waals surface area contributed by atoms with Gasteiger partial charge in [0.2, 0.25) is 11.8 Å². The lowest BCUT2D eigenvalue weighted by molar-refractivity contribution is -0.141. The molecule has 5 heteroatoms. The van der Waals surface area contributed by atoms with Crippen LogP contribution in [0.3, 0.4) is 0 Å². The third-order valence-corrected chi connectivity index (χ3v) is 5.37. The molecule has 2 aromatic rings. The van der Waals surface area contributed by atoms with Crippen LogP contribution in [0.2, 0.25) is 0 Å². The first-order valence-corrected chi connectivity index (χ1v) is 9.87. The highest BCUT2D eigenvalue weighted by Gasteiger charge is 2.24. The van der Waals surface area contributed by atoms with E-state index in [1.165, 1.54) is 12.5 Å². The van der Waals surface area contributed by atoms with Crippen molar-refractivity contribution in [3.8, 4) is 0 Å². The van der Waals surface area contributed by atoms with Crippen LogP contribution in [0.15, 0.2) is 54.6 Å². The summed E-state index contributed by atoms with van der Waals surface area (Å²) in [5, 5.41) is 0. The summed E-state index contributed by atoms with van der Waals surface area (Å²) in [6.07, 6.45) is 0. The quantitative estimate of drug-likeness (QED) is 0.775. The predicted octanol–water partition coefficient (Wildman–Crippen LogP) is 2.69. The number of hydrogen-bond acceptors (Lipinski definition) is 3. The fourth-order valence-corrected chi connectivity index (χ4v) is 3.53. The Hall–Kier alpha value is -2.66. The van der Waals surface area contributed by atoms with Crippen LogP contribution in [0.5, 0.6) is 0 Å². The second kappa shape index (κ2) is 9.51. The van der Waals surface area contributed by atoms with Crippen LogP contribution in [0.4, 0.5) is 0 Å². The smallest absolute Gasteiger partial charge is 0.242 e. The molecule has 1 fully saturated rings. The molecule has 2 aromatic carbocycles. The van der Waals surface area contributed by atoms with E-state index in [-0.39, 0.29) is 18.4 Å². The summed E-state index contributed by atoms with van der Waals surface area (Å²) in [5.41, 5.74) is 3.51.